The fraction of sp³-hybridized carbons (Fsp3) is 0.267. The second kappa shape index (κ2) is 7.47. The molecule has 0 radical (unpaired) electrons. The molecule has 8 heteroatoms. The minimum Gasteiger partial charge on any atom is -0.507 e. The van der Waals surface area contributed by atoms with Gasteiger partial charge >= 0.3 is 0 Å². The van der Waals surface area contributed by atoms with Crippen LogP contribution in [0.3, 0.4) is 0 Å². The van der Waals surface area contributed by atoms with Crippen molar-refractivity contribution in [3.05, 3.63) is 41.3 Å². The molecule has 0 aliphatic carbocycles. The Morgan fingerprint density at radius 2 is 2.09 bits per heavy atom. The number of benzene rings is 1. The van der Waals surface area contributed by atoms with E-state index in [2.05, 4.69) is 10.0 Å². The van der Waals surface area contributed by atoms with Crippen LogP contribution in [-0.2, 0) is 10.0 Å². The molecule has 0 bridgehead atoms. The highest BCUT2D eigenvalue weighted by Gasteiger charge is 2.17. The van der Waals surface area contributed by atoms with Crippen LogP contribution in [0.25, 0.3) is 0 Å². The van der Waals surface area contributed by atoms with Gasteiger partial charge in [-0.2, -0.15) is 0 Å². The lowest BCUT2D eigenvalue weighted by molar-refractivity contribution is 0.0950. The Labute approximate surface area is 139 Å². The number of rotatable bonds is 7. The maximum atomic E-state index is 12.1. The molecule has 124 valence electrons. The van der Waals surface area contributed by atoms with E-state index in [1.165, 1.54) is 24.3 Å². The number of aromatic hydroxyl groups is 1. The Kier molecular flexibility index (Phi) is 5.62. The molecule has 1 heterocycles. The van der Waals surface area contributed by atoms with Crippen LogP contribution in [0.4, 0.5) is 5.69 Å². The largest absolute Gasteiger partial charge is 0.507 e. The molecule has 0 unspecified atom stereocenters. The molecule has 0 saturated heterocycles. The summed E-state index contributed by atoms with van der Waals surface area (Å²) in [5.74, 6) is -0.658. The Morgan fingerprint density at radius 3 is 2.70 bits per heavy atom. The molecule has 6 nitrogen and oxygen atoms in total. The summed E-state index contributed by atoms with van der Waals surface area (Å²) in [6.07, 6.45) is 1.81. The SMILES string of the molecule is CCCCNC(=O)c1ccc(NS(=O)(=O)c2cccs2)cc1O. The van der Waals surface area contributed by atoms with Gasteiger partial charge in [-0.25, -0.2) is 8.42 Å². The smallest absolute Gasteiger partial charge is 0.271 e. The molecule has 0 saturated carbocycles. The van der Waals surface area contributed by atoms with E-state index >= 15 is 0 Å². The van der Waals surface area contributed by atoms with Crippen LogP contribution >= 0.6 is 11.3 Å². The van der Waals surface area contributed by atoms with Crippen molar-refractivity contribution >= 4 is 33.0 Å². The van der Waals surface area contributed by atoms with Crippen molar-refractivity contribution in [1.29, 1.82) is 0 Å². The van der Waals surface area contributed by atoms with E-state index in [4.69, 9.17) is 0 Å². The lowest BCUT2D eigenvalue weighted by atomic mass is 10.1. The monoisotopic (exact) mass is 354 g/mol. The fourth-order valence-corrected chi connectivity index (χ4v) is 3.93. The van der Waals surface area contributed by atoms with Crippen molar-refractivity contribution in [3.8, 4) is 5.75 Å². The topological polar surface area (TPSA) is 95.5 Å². The van der Waals surface area contributed by atoms with Crippen LogP contribution in [0.15, 0.2) is 39.9 Å². The van der Waals surface area contributed by atoms with Crippen molar-refractivity contribution in [2.75, 3.05) is 11.3 Å². The van der Waals surface area contributed by atoms with Crippen LogP contribution in [-0.4, -0.2) is 26.0 Å². The number of carbonyl (C=O) groups is 1. The predicted octanol–water partition coefficient (Wildman–Crippen LogP) is 2.78. The molecular weight excluding hydrogens is 336 g/mol. The van der Waals surface area contributed by atoms with Gasteiger partial charge < -0.3 is 10.4 Å². The molecule has 0 spiro atoms. The molecular formula is C15H18N2O4S2. The van der Waals surface area contributed by atoms with Crippen molar-refractivity contribution in [2.24, 2.45) is 0 Å². The standard InChI is InChI=1S/C15H18N2O4S2/c1-2-3-8-16-15(19)12-7-6-11(10-13(12)18)17-23(20,21)14-5-4-9-22-14/h4-7,9-10,17-18H,2-3,8H2,1H3,(H,16,19). The normalized spacial score (nSPS) is 11.2. The van der Waals surface area contributed by atoms with E-state index < -0.39 is 10.0 Å². The van der Waals surface area contributed by atoms with E-state index in [1.807, 2.05) is 6.92 Å². The van der Waals surface area contributed by atoms with E-state index in [-0.39, 0.29) is 27.1 Å². The van der Waals surface area contributed by atoms with Gasteiger partial charge in [0.05, 0.1) is 11.3 Å². The summed E-state index contributed by atoms with van der Waals surface area (Å²) in [5, 5.41) is 14.3. The lowest BCUT2D eigenvalue weighted by Gasteiger charge is -2.10. The number of sulfonamides is 1. The van der Waals surface area contributed by atoms with Crippen molar-refractivity contribution < 1.29 is 18.3 Å². The number of phenols is 1. The van der Waals surface area contributed by atoms with Crippen LogP contribution in [0.5, 0.6) is 5.75 Å². The minimum atomic E-state index is -3.68. The van der Waals surface area contributed by atoms with Gasteiger partial charge in [-0.3, -0.25) is 9.52 Å². The number of amides is 1. The quantitative estimate of drug-likeness (QED) is 0.666. The first kappa shape index (κ1) is 17.3. The van der Waals surface area contributed by atoms with Gasteiger partial charge in [0, 0.05) is 12.6 Å². The highest BCUT2D eigenvalue weighted by atomic mass is 32.2. The minimum absolute atomic E-state index is 0.111. The summed E-state index contributed by atoms with van der Waals surface area (Å²) in [7, 11) is -3.68. The molecule has 3 N–H and O–H groups in total. The van der Waals surface area contributed by atoms with Crippen LogP contribution in [0.1, 0.15) is 30.1 Å². The maximum absolute atomic E-state index is 12.1. The zero-order valence-corrected chi connectivity index (χ0v) is 14.2. The maximum Gasteiger partial charge on any atom is 0.271 e. The van der Waals surface area contributed by atoms with Crippen molar-refractivity contribution in [1.82, 2.24) is 5.32 Å². The van der Waals surface area contributed by atoms with Crippen LogP contribution in [0, 0.1) is 0 Å². The van der Waals surface area contributed by atoms with E-state index in [0.717, 1.165) is 24.2 Å². The molecule has 0 aliphatic heterocycles. The van der Waals surface area contributed by atoms with Crippen LogP contribution in [0.2, 0.25) is 0 Å². The van der Waals surface area contributed by atoms with Gasteiger partial charge in [-0.05, 0) is 30.0 Å². The summed E-state index contributed by atoms with van der Waals surface area (Å²) in [4.78, 5) is 11.9. The van der Waals surface area contributed by atoms with E-state index in [0.29, 0.717) is 6.54 Å². The average Bonchev–Trinajstić information content (AvgIpc) is 3.02. The Morgan fingerprint density at radius 1 is 1.30 bits per heavy atom. The van der Waals surface area contributed by atoms with Gasteiger partial charge in [0.25, 0.3) is 15.9 Å². The Hall–Kier alpha value is -2.06. The highest BCUT2D eigenvalue weighted by molar-refractivity contribution is 7.94. The molecule has 2 rings (SSSR count). The third kappa shape index (κ3) is 4.46. The summed E-state index contributed by atoms with van der Waals surface area (Å²) in [6.45, 7) is 2.54. The van der Waals surface area contributed by atoms with Crippen molar-refractivity contribution in [3.63, 3.8) is 0 Å². The molecule has 0 fully saturated rings. The number of hydrogen-bond acceptors (Lipinski definition) is 5. The van der Waals surface area contributed by atoms with E-state index in [1.54, 1.807) is 11.4 Å². The first-order chi connectivity index (χ1) is 10.9. The summed E-state index contributed by atoms with van der Waals surface area (Å²) in [6, 6.07) is 7.19. The third-order valence-electron chi connectivity index (χ3n) is 3.07. The number of nitrogens with one attached hydrogen (secondary N) is 2. The Balaban J connectivity index is 2.12. The number of thiophene rings is 1. The van der Waals surface area contributed by atoms with Gasteiger partial charge in [0.2, 0.25) is 0 Å². The predicted molar refractivity (Wildman–Crippen MR) is 90.5 cm³/mol. The van der Waals surface area contributed by atoms with Gasteiger partial charge in [-0.1, -0.05) is 19.4 Å². The summed E-state index contributed by atoms with van der Waals surface area (Å²) < 4.78 is 26.8. The van der Waals surface area contributed by atoms with Crippen LogP contribution < -0.4 is 10.0 Å². The number of carbonyl (C=O) groups excluding carboxylic acids is 1. The summed E-state index contributed by atoms with van der Waals surface area (Å²) >= 11 is 1.10. The molecule has 0 aliphatic rings. The van der Waals surface area contributed by atoms with Gasteiger partial charge in [0.15, 0.2) is 0 Å². The number of hydrogen-bond donors (Lipinski definition) is 3. The number of unbranched alkanes of at least 4 members (excludes halogenated alkanes) is 1. The van der Waals surface area contributed by atoms with Crippen molar-refractivity contribution in [2.45, 2.75) is 24.0 Å². The molecule has 1 aromatic carbocycles. The molecule has 1 amide bonds. The molecule has 23 heavy (non-hydrogen) atoms. The Bertz CT molecular complexity index is 771. The molecule has 2 aromatic rings. The first-order valence-electron chi connectivity index (χ1n) is 7.11. The third-order valence-corrected chi connectivity index (χ3v) is 5.85. The zero-order chi connectivity index (χ0) is 16.9. The second-order valence-corrected chi connectivity index (χ2v) is 7.74. The van der Waals surface area contributed by atoms with Gasteiger partial charge in [-0.15, -0.1) is 11.3 Å². The first-order valence-corrected chi connectivity index (χ1v) is 9.48. The zero-order valence-electron chi connectivity index (χ0n) is 12.6. The fourth-order valence-electron chi connectivity index (χ4n) is 1.88. The molecule has 0 atom stereocenters. The second-order valence-electron chi connectivity index (χ2n) is 4.88. The highest BCUT2D eigenvalue weighted by Crippen LogP contribution is 2.25. The molecule has 1 aromatic heterocycles. The average molecular weight is 354 g/mol. The number of anilines is 1. The van der Waals surface area contributed by atoms with Gasteiger partial charge in [0.1, 0.15) is 9.96 Å². The number of phenolic OH excluding ortho intramolecular Hbond substituents is 1. The van der Waals surface area contributed by atoms with E-state index in [9.17, 15) is 18.3 Å². The summed E-state index contributed by atoms with van der Waals surface area (Å²) in [5.41, 5.74) is 0.307. The lowest BCUT2D eigenvalue weighted by Crippen LogP contribution is -2.24.